The molecule has 4 aromatic carbocycles. The van der Waals surface area contributed by atoms with Crippen molar-refractivity contribution in [2.75, 3.05) is 7.11 Å². The largest absolute Gasteiger partial charge is 0.452 e. The second-order valence-corrected chi connectivity index (χ2v) is 7.79. The maximum absolute atomic E-state index is 12.5. The van der Waals surface area contributed by atoms with Crippen LogP contribution in [0.15, 0.2) is 103 Å². The van der Waals surface area contributed by atoms with Crippen molar-refractivity contribution in [2.45, 2.75) is 0 Å². The summed E-state index contributed by atoms with van der Waals surface area (Å²) in [6.45, 7) is 0. The number of carbonyl (C=O) groups excluding carboxylic acids is 1. The highest BCUT2D eigenvalue weighted by Crippen LogP contribution is 2.40. The summed E-state index contributed by atoms with van der Waals surface area (Å²) in [5.41, 5.74) is 6.26. The van der Waals surface area contributed by atoms with Crippen LogP contribution in [0, 0.1) is 0 Å². The molecule has 0 unspecified atom stereocenters. The summed E-state index contributed by atoms with van der Waals surface area (Å²) in [5.74, 6) is 0. The zero-order chi connectivity index (χ0) is 21.7. The van der Waals surface area contributed by atoms with Gasteiger partial charge in [-0.2, -0.15) is 0 Å². The van der Waals surface area contributed by atoms with Gasteiger partial charge in [-0.25, -0.2) is 4.79 Å². The number of nitrogens with zero attached hydrogens (tertiary/aromatic N) is 2. The zero-order valence-electron chi connectivity index (χ0n) is 17.5. The Balaban J connectivity index is 1.79. The molecule has 32 heavy (non-hydrogen) atoms. The molecule has 0 saturated carbocycles. The Morgan fingerprint density at radius 3 is 2.19 bits per heavy atom. The fourth-order valence-corrected chi connectivity index (χ4v) is 4.74. The lowest BCUT2D eigenvalue weighted by atomic mass is 10.00. The van der Waals surface area contributed by atoms with Gasteiger partial charge in [-0.3, -0.25) is 4.57 Å². The van der Waals surface area contributed by atoms with Crippen LogP contribution in [-0.4, -0.2) is 22.3 Å². The molecule has 4 heteroatoms. The molecule has 6 rings (SSSR count). The molecule has 0 spiro atoms. The van der Waals surface area contributed by atoms with E-state index < -0.39 is 6.09 Å². The molecule has 0 bridgehead atoms. The zero-order valence-corrected chi connectivity index (χ0v) is 17.5. The highest BCUT2D eigenvalue weighted by molar-refractivity contribution is 6.15. The van der Waals surface area contributed by atoms with Crippen molar-refractivity contribution in [3.8, 4) is 16.8 Å². The Bertz CT molecular complexity index is 1620. The lowest BCUT2D eigenvalue weighted by Gasteiger charge is -2.13. The molecule has 0 atom stereocenters. The molecule has 0 saturated heterocycles. The first kappa shape index (κ1) is 18.5. The minimum atomic E-state index is -0.400. The number of hydrogen-bond donors (Lipinski definition) is 0. The van der Waals surface area contributed by atoms with E-state index in [-0.39, 0.29) is 0 Å². The summed E-state index contributed by atoms with van der Waals surface area (Å²) in [6.07, 6.45) is 1.37. The van der Waals surface area contributed by atoms with Crippen LogP contribution in [0.5, 0.6) is 0 Å². The standard InChI is InChI=1S/C28H20N2O2/c1-32-28(31)29-18-17-19-9-7-13-23(26(19)29)24-15-8-14-22-21-12-5-6-16-25(21)30(27(22)24)20-10-3-2-4-11-20/h2-18H,1H3. The number of aromatic nitrogens is 2. The Labute approximate surface area is 184 Å². The highest BCUT2D eigenvalue weighted by Gasteiger charge is 2.19. The Morgan fingerprint density at radius 2 is 1.38 bits per heavy atom. The first-order valence-electron chi connectivity index (χ1n) is 10.5. The van der Waals surface area contributed by atoms with Crippen molar-refractivity contribution in [3.63, 3.8) is 0 Å². The number of rotatable bonds is 2. The number of hydrogen-bond acceptors (Lipinski definition) is 2. The third kappa shape index (κ3) is 2.59. The molecule has 2 heterocycles. The molecule has 6 aromatic rings. The summed E-state index contributed by atoms with van der Waals surface area (Å²) in [7, 11) is 1.41. The van der Waals surface area contributed by atoms with Crippen LogP contribution in [0.25, 0.3) is 49.5 Å². The smallest absolute Gasteiger partial charge is 0.418 e. The van der Waals surface area contributed by atoms with E-state index in [0.717, 1.165) is 38.8 Å². The normalized spacial score (nSPS) is 11.4. The van der Waals surface area contributed by atoms with E-state index in [1.54, 1.807) is 10.8 Å². The molecule has 0 N–H and O–H groups in total. The van der Waals surface area contributed by atoms with E-state index in [0.29, 0.717) is 0 Å². The van der Waals surface area contributed by atoms with Crippen molar-refractivity contribution < 1.29 is 9.53 Å². The fourth-order valence-electron chi connectivity index (χ4n) is 4.74. The van der Waals surface area contributed by atoms with E-state index in [1.807, 2.05) is 24.3 Å². The van der Waals surface area contributed by atoms with Crippen LogP contribution in [0.4, 0.5) is 4.79 Å². The van der Waals surface area contributed by atoms with Gasteiger partial charge in [-0.05, 0) is 24.3 Å². The first-order valence-corrected chi connectivity index (χ1v) is 10.5. The van der Waals surface area contributed by atoms with Gasteiger partial charge in [-0.1, -0.05) is 72.8 Å². The van der Waals surface area contributed by atoms with Gasteiger partial charge in [0, 0.05) is 39.2 Å². The molecule has 0 radical (unpaired) electrons. The summed E-state index contributed by atoms with van der Waals surface area (Å²) >= 11 is 0. The Kier molecular flexibility index (Phi) is 4.12. The summed E-state index contributed by atoms with van der Waals surface area (Å²) in [6, 6.07) is 33.3. The van der Waals surface area contributed by atoms with E-state index in [1.165, 1.54) is 17.9 Å². The van der Waals surface area contributed by atoms with Gasteiger partial charge in [0.15, 0.2) is 0 Å². The van der Waals surface area contributed by atoms with Crippen LogP contribution in [0.3, 0.4) is 0 Å². The number of fused-ring (bicyclic) bond motifs is 4. The van der Waals surface area contributed by atoms with E-state index in [4.69, 9.17) is 4.74 Å². The predicted octanol–water partition coefficient (Wildman–Crippen LogP) is 7.02. The second kappa shape index (κ2) is 7.13. The lowest BCUT2D eigenvalue weighted by Crippen LogP contribution is -2.10. The van der Waals surface area contributed by atoms with Crippen molar-refractivity contribution in [2.24, 2.45) is 0 Å². The molecule has 2 aromatic heterocycles. The van der Waals surface area contributed by atoms with Crippen LogP contribution in [0.1, 0.15) is 0 Å². The first-order chi connectivity index (χ1) is 15.8. The molecule has 154 valence electrons. The molecule has 0 amide bonds. The number of carbonyl (C=O) groups is 1. The predicted molar refractivity (Wildman–Crippen MR) is 130 cm³/mol. The van der Waals surface area contributed by atoms with E-state index >= 15 is 0 Å². The lowest BCUT2D eigenvalue weighted by molar-refractivity contribution is 0.174. The van der Waals surface area contributed by atoms with Gasteiger partial charge < -0.3 is 9.30 Å². The minimum Gasteiger partial charge on any atom is -0.452 e. The minimum absolute atomic E-state index is 0.400. The Hall–Kier alpha value is -4.31. The molecule has 0 aliphatic carbocycles. The topological polar surface area (TPSA) is 36.2 Å². The van der Waals surface area contributed by atoms with Crippen LogP contribution in [-0.2, 0) is 4.74 Å². The number of benzene rings is 4. The van der Waals surface area contributed by atoms with Crippen LogP contribution >= 0.6 is 0 Å². The maximum Gasteiger partial charge on any atom is 0.418 e. The van der Waals surface area contributed by atoms with E-state index in [9.17, 15) is 4.79 Å². The quantitative estimate of drug-likeness (QED) is 0.304. The summed E-state index contributed by atoms with van der Waals surface area (Å²) in [5, 5.41) is 3.37. The van der Waals surface area contributed by atoms with Gasteiger partial charge in [0.05, 0.1) is 23.7 Å². The number of methoxy groups -OCH3 is 1. The highest BCUT2D eigenvalue weighted by atomic mass is 16.5. The SMILES string of the molecule is COC(=O)n1ccc2cccc(-c3cccc4c5ccccc5n(-c5ccccc5)c34)c21. The molecule has 0 aliphatic rings. The second-order valence-electron chi connectivity index (χ2n) is 7.79. The van der Waals surface area contributed by atoms with Gasteiger partial charge in [-0.15, -0.1) is 0 Å². The summed E-state index contributed by atoms with van der Waals surface area (Å²) in [4.78, 5) is 12.5. The average Bonchev–Trinajstić information content (AvgIpc) is 3.44. The molecule has 0 fully saturated rings. The monoisotopic (exact) mass is 416 g/mol. The molecule has 0 aliphatic heterocycles. The van der Waals surface area contributed by atoms with Crippen LogP contribution < -0.4 is 0 Å². The van der Waals surface area contributed by atoms with Crippen molar-refractivity contribution in [1.82, 2.24) is 9.13 Å². The van der Waals surface area contributed by atoms with E-state index in [2.05, 4.69) is 77.4 Å². The van der Waals surface area contributed by atoms with Crippen molar-refractivity contribution in [1.29, 1.82) is 0 Å². The van der Waals surface area contributed by atoms with Gasteiger partial charge >= 0.3 is 6.09 Å². The van der Waals surface area contributed by atoms with Crippen LogP contribution in [0.2, 0.25) is 0 Å². The fraction of sp³-hybridized carbons (Fsp3) is 0.0357. The number of para-hydroxylation sites is 4. The maximum atomic E-state index is 12.5. The molecular formula is C28H20N2O2. The third-order valence-electron chi connectivity index (χ3n) is 6.08. The summed E-state index contributed by atoms with van der Waals surface area (Å²) < 4.78 is 8.93. The van der Waals surface area contributed by atoms with Crippen molar-refractivity contribution in [3.05, 3.63) is 103 Å². The van der Waals surface area contributed by atoms with Gasteiger partial charge in [0.1, 0.15) is 0 Å². The van der Waals surface area contributed by atoms with Gasteiger partial charge in [0.25, 0.3) is 0 Å². The number of ether oxygens (including phenoxy) is 1. The van der Waals surface area contributed by atoms with Gasteiger partial charge in [0.2, 0.25) is 0 Å². The van der Waals surface area contributed by atoms with Crippen molar-refractivity contribution >= 4 is 38.8 Å². The molecule has 4 nitrogen and oxygen atoms in total. The average molecular weight is 416 g/mol. The molecular weight excluding hydrogens is 396 g/mol. The third-order valence-corrected chi connectivity index (χ3v) is 6.08. The Morgan fingerprint density at radius 1 is 0.688 bits per heavy atom.